The zero-order valence-corrected chi connectivity index (χ0v) is 16.1. The first-order valence-electron chi connectivity index (χ1n) is 8.83. The summed E-state index contributed by atoms with van der Waals surface area (Å²) in [6.45, 7) is 5.71. The van der Waals surface area contributed by atoms with E-state index in [0.29, 0.717) is 40.2 Å². The van der Waals surface area contributed by atoms with Crippen LogP contribution in [0.5, 0.6) is 0 Å². The van der Waals surface area contributed by atoms with Crippen molar-refractivity contribution in [3.8, 4) is 0 Å². The molecule has 2 heterocycles. The molecule has 1 saturated carbocycles. The van der Waals surface area contributed by atoms with Crippen LogP contribution in [-0.4, -0.2) is 36.3 Å². The number of rotatable bonds is 4. The number of aliphatic hydroxyl groups is 1. The fourth-order valence-electron chi connectivity index (χ4n) is 4.00. The number of nitrogens with zero attached hydrogens (tertiary/aromatic N) is 4. The van der Waals surface area contributed by atoms with Crippen LogP contribution in [0.2, 0.25) is 0 Å². The van der Waals surface area contributed by atoms with Crippen LogP contribution in [0.25, 0.3) is 11.0 Å². The second-order valence-corrected chi connectivity index (χ2v) is 7.90. The van der Waals surface area contributed by atoms with Crippen LogP contribution < -0.4 is 5.56 Å². The van der Waals surface area contributed by atoms with Gasteiger partial charge in [-0.3, -0.25) is 9.48 Å². The highest BCUT2D eigenvalue weighted by Gasteiger charge is 2.40. The van der Waals surface area contributed by atoms with Crippen LogP contribution in [0.3, 0.4) is 0 Å². The van der Waals surface area contributed by atoms with Crippen molar-refractivity contribution in [3.63, 3.8) is 0 Å². The molecule has 8 heteroatoms. The third-order valence-corrected chi connectivity index (χ3v) is 5.89. The maximum absolute atomic E-state index is 14.9. The summed E-state index contributed by atoms with van der Waals surface area (Å²) in [6, 6.07) is -0.455. The molecule has 2 aliphatic rings. The molecule has 0 bridgehead atoms. The maximum Gasteiger partial charge on any atom is 0.278 e. The van der Waals surface area contributed by atoms with Crippen molar-refractivity contribution in [1.29, 1.82) is 0 Å². The van der Waals surface area contributed by atoms with E-state index in [9.17, 15) is 14.3 Å². The van der Waals surface area contributed by atoms with E-state index < -0.39 is 11.6 Å². The van der Waals surface area contributed by atoms with Gasteiger partial charge in [0.25, 0.3) is 5.56 Å². The number of allylic oxidation sites excluding steroid dienone is 3. The Morgan fingerprint density at radius 1 is 1.56 bits per heavy atom. The molecule has 2 unspecified atom stereocenters. The molecule has 6 nitrogen and oxygen atoms in total. The van der Waals surface area contributed by atoms with Gasteiger partial charge in [0.05, 0.1) is 18.2 Å². The quantitative estimate of drug-likeness (QED) is 0.495. The highest BCUT2D eigenvalue weighted by atomic mass is 32.2. The molecular formula is C19H21FN4O2S. The SMILES string of the molecule is C=CCn1c(=O)c2cnc(SC)nc2n1C1C=C2C(=C(F)C1)CCC2(C)O. The average Bonchev–Trinajstić information content (AvgIpc) is 3.10. The van der Waals surface area contributed by atoms with Gasteiger partial charge in [0.15, 0.2) is 10.8 Å². The Hall–Kier alpha value is -2.19. The lowest BCUT2D eigenvalue weighted by molar-refractivity contribution is 0.105. The number of hydrogen-bond acceptors (Lipinski definition) is 5. The van der Waals surface area contributed by atoms with Crippen molar-refractivity contribution < 1.29 is 9.50 Å². The monoisotopic (exact) mass is 388 g/mol. The summed E-state index contributed by atoms with van der Waals surface area (Å²) in [5, 5.41) is 11.6. The molecule has 0 spiro atoms. The molecule has 2 aromatic heterocycles. The number of fused-ring (bicyclic) bond motifs is 2. The van der Waals surface area contributed by atoms with Crippen LogP contribution in [-0.2, 0) is 6.54 Å². The van der Waals surface area contributed by atoms with Crippen molar-refractivity contribution >= 4 is 22.8 Å². The third kappa shape index (κ3) is 2.78. The van der Waals surface area contributed by atoms with Gasteiger partial charge >= 0.3 is 0 Å². The Labute approximate surface area is 160 Å². The largest absolute Gasteiger partial charge is 0.385 e. The number of halogens is 1. The van der Waals surface area contributed by atoms with Crippen molar-refractivity contribution in [3.05, 3.63) is 52.3 Å². The van der Waals surface area contributed by atoms with Crippen LogP contribution in [0.4, 0.5) is 4.39 Å². The predicted molar refractivity (Wildman–Crippen MR) is 103 cm³/mol. The van der Waals surface area contributed by atoms with E-state index in [1.54, 1.807) is 17.7 Å². The van der Waals surface area contributed by atoms with E-state index in [1.165, 1.54) is 22.6 Å². The summed E-state index contributed by atoms with van der Waals surface area (Å²) < 4.78 is 18.1. The summed E-state index contributed by atoms with van der Waals surface area (Å²) >= 11 is 1.38. The highest BCUT2D eigenvalue weighted by molar-refractivity contribution is 7.98. The van der Waals surface area contributed by atoms with Crippen LogP contribution in [0.15, 0.2) is 51.9 Å². The van der Waals surface area contributed by atoms with E-state index in [0.717, 1.165) is 0 Å². The standard InChI is InChI=1S/C19H21FN4O2S/c1-4-7-23-17(25)13-10-21-18(27-3)22-16(13)24(23)11-8-14-12(15(20)9-11)5-6-19(14,2)26/h4,8,10-11,26H,1,5-7,9H2,2-3H3. The Kier molecular flexibility index (Phi) is 4.35. The lowest BCUT2D eigenvalue weighted by Gasteiger charge is -2.27. The van der Waals surface area contributed by atoms with Crippen molar-refractivity contribution in [2.75, 3.05) is 6.26 Å². The van der Waals surface area contributed by atoms with Crippen molar-refractivity contribution in [1.82, 2.24) is 19.3 Å². The molecule has 0 aromatic carbocycles. The molecule has 142 valence electrons. The van der Waals surface area contributed by atoms with E-state index in [2.05, 4.69) is 16.5 Å². The summed E-state index contributed by atoms with van der Waals surface area (Å²) in [4.78, 5) is 21.6. The minimum atomic E-state index is -1.06. The fourth-order valence-corrected chi connectivity index (χ4v) is 4.34. The maximum atomic E-state index is 14.9. The molecule has 0 aliphatic heterocycles. The summed E-state index contributed by atoms with van der Waals surface area (Å²) in [6.07, 6.45) is 8.04. The Morgan fingerprint density at radius 3 is 3.04 bits per heavy atom. The zero-order chi connectivity index (χ0) is 19.3. The molecule has 2 atom stereocenters. The molecule has 4 rings (SSSR count). The minimum Gasteiger partial charge on any atom is -0.385 e. The number of aromatic nitrogens is 4. The Bertz CT molecular complexity index is 1060. The van der Waals surface area contributed by atoms with E-state index in [1.807, 2.05) is 12.3 Å². The molecule has 0 amide bonds. The van der Waals surface area contributed by atoms with Gasteiger partial charge in [-0.1, -0.05) is 23.9 Å². The van der Waals surface area contributed by atoms with E-state index in [-0.39, 0.29) is 24.4 Å². The fraction of sp³-hybridized carbons (Fsp3) is 0.421. The highest BCUT2D eigenvalue weighted by Crippen LogP contribution is 2.47. The molecule has 0 radical (unpaired) electrons. The first-order chi connectivity index (χ1) is 12.9. The predicted octanol–water partition coefficient (Wildman–Crippen LogP) is 3.14. The second-order valence-electron chi connectivity index (χ2n) is 7.12. The average molecular weight is 388 g/mol. The van der Waals surface area contributed by atoms with Crippen LogP contribution >= 0.6 is 11.8 Å². The molecule has 1 fully saturated rings. The summed E-state index contributed by atoms with van der Waals surface area (Å²) in [5.41, 5.74) is 0.401. The van der Waals surface area contributed by atoms with Gasteiger partial charge in [-0.05, 0) is 37.2 Å². The third-order valence-electron chi connectivity index (χ3n) is 5.33. The molecule has 0 saturated heterocycles. The molecule has 2 aliphatic carbocycles. The van der Waals surface area contributed by atoms with Crippen molar-refractivity contribution in [2.24, 2.45) is 0 Å². The van der Waals surface area contributed by atoms with Gasteiger partial charge in [0.2, 0.25) is 0 Å². The molecule has 27 heavy (non-hydrogen) atoms. The Morgan fingerprint density at radius 2 is 2.33 bits per heavy atom. The van der Waals surface area contributed by atoms with Gasteiger partial charge in [0, 0.05) is 12.6 Å². The van der Waals surface area contributed by atoms with Gasteiger partial charge in [0.1, 0.15) is 11.2 Å². The normalized spacial score (nSPS) is 25.0. The summed E-state index contributed by atoms with van der Waals surface area (Å²) in [5.74, 6) is -0.228. The van der Waals surface area contributed by atoms with Gasteiger partial charge in [-0.25, -0.2) is 19.0 Å². The molecule has 1 N–H and O–H groups in total. The zero-order valence-electron chi connectivity index (χ0n) is 15.3. The first-order valence-corrected chi connectivity index (χ1v) is 10.1. The first kappa shape index (κ1) is 18.2. The molecular weight excluding hydrogens is 367 g/mol. The van der Waals surface area contributed by atoms with Crippen molar-refractivity contribution in [2.45, 2.75) is 49.5 Å². The lowest BCUT2D eigenvalue weighted by atomic mass is 9.90. The summed E-state index contributed by atoms with van der Waals surface area (Å²) in [7, 11) is 0. The van der Waals surface area contributed by atoms with Gasteiger partial charge in [-0.15, -0.1) is 6.58 Å². The number of hydrogen-bond donors (Lipinski definition) is 1. The van der Waals surface area contributed by atoms with Crippen LogP contribution in [0.1, 0.15) is 32.2 Å². The van der Waals surface area contributed by atoms with E-state index in [4.69, 9.17) is 0 Å². The van der Waals surface area contributed by atoms with Gasteiger partial charge in [-0.2, -0.15) is 0 Å². The smallest absolute Gasteiger partial charge is 0.278 e. The molecule has 2 aromatic rings. The Balaban J connectivity index is 1.96. The minimum absolute atomic E-state index is 0.133. The van der Waals surface area contributed by atoms with Crippen LogP contribution in [0, 0.1) is 0 Å². The van der Waals surface area contributed by atoms with Gasteiger partial charge < -0.3 is 5.11 Å². The van der Waals surface area contributed by atoms with E-state index >= 15 is 0 Å². The lowest BCUT2D eigenvalue weighted by Crippen LogP contribution is -2.28. The number of thioether (sulfide) groups is 1. The topological polar surface area (TPSA) is 72.9 Å². The second kappa shape index (κ2) is 6.45.